The molecule has 198 valence electrons. The van der Waals surface area contributed by atoms with Crippen LogP contribution in [0.2, 0.25) is 0 Å². The molecular formula is C23H30FN2O8PS. The molecular weight excluding hydrogens is 514 g/mol. The molecule has 1 saturated heterocycles. The molecule has 1 fully saturated rings. The minimum atomic E-state index is -4.49. The van der Waals surface area contributed by atoms with E-state index in [0.29, 0.717) is 0 Å². The van der Waals surface area contributed by atoms with E-state index in [4.69, 9.17) is 33.5 Å². The zero-order valence-corrected chi connectivity index (χ0v) is 21.8. The van der Waals surface area contributed by atoms with E-state index < -0.39 is 68.5 Å². The summed E-state index contributed by atoms with van der Waals surface area (Å²) in [7, 11) is -4.49. The van der Waals surface area contributed by atoms with Crippen LogP contribution in [0.15, 0.2) is 41.3 Å². The number of para-hydroxylation sites is 1. The average molecular weight is 547 g/mol. The number of nitrogens with zero attached hydrogens (tertiary/aromatic N) is 1. The average Bonchev–Trinajstić information content (AvgIpc) is 3.11. The van der Waals surface area contributed by atoms with Crippen LogP contribution in [0.1, 0.15) is 35.3 Å². The number of esters is 1. The molecule has 0 bridgehead atoms. The number of nitrogens with one attached hydrogen (secondary N) is 1. The molecule has 13 heteroatoms. The van der Waals surface area contributed by atoms with Gasteiger partial charge in [-0.3, -0.25) is 23.7 Å². The van der Waals surface area contributed by atoms with E-state index in [1.165, 1.54) is 32.2 Å². The van der Waals surface area contributed by atoms with Crippen molar-refractivity contribution in [2.45, 2.75) is 58.4 Å². The van der Waals surface area contributed by atoms with Gasteiger partial charge in [-0.05, 0) is 45.1 Å². The minimum Gasteiger partial charge on any atom is -0.463 e. The number of rotatable bonds is 10. The van der Waals surface area contributed by atoms with Crippen LogP contribution in [0, 0.1) is 17.6 Å². The fraction of sp³-hybridized carbons (Fsp3) is 0.522. The summed E-state index contributed by atoms with van der Waals surface area (Å²) < 4.78 is 68.2. The Bertz CT molecular complexity index is 1310. The molecule has 2 aromatic rings. The van der Waals surface area contributed by atoms with Gasteiger partial charge in [-0.2, -0.15) is 0 Å². The van der Waals surface area contributed by atoms with Crippen LogP contribution in [-0.2, 0) is 23.4 Å². The third-order valence-corrected chi connectivity index (χ3v) is 7.34. The number of carbonyl (C=O) groups is 1. The molecule has 0 spiro atoms. The van der Waals surface area contributed by atoms with Crippen molar-refractivity contribution in [2.75, 3.05) is 12.7 Å². The number of aromatic amines is 1. The molecule has 10 nitrogen and oxygen atoms in total. The van der Waals surface area contributed by atoms with E-state index in [2.05, 4.69) is 4.98 Å². The van der Waals surface area contributed by atoms with Crippen LogP contribution in [-0.4, -0.2) is 57.8 Å². The van der Waals surface area contributed by atoms with Gasteiger partial charge in [0.1, 0.15) is 18.0 Å². The molecule has 2 N–H and O–H groups in total. The number of hydrogen-bond acceptors (Lipinski definition) is 9. The summed E-state index contributed by atoms with van der Waals surface area (Å²) in [5.41, 5.74) is -0.325. The molecule has 0 amide bonds. The summed E-state index contributed by atoms with van der Waals surface area (Å²) >= 11 is 5.07. The fourth-order valence-corrected chi connectivity index (χ4v) is 5.32. The van der Waals surface area contributed by atoms with Crippen LogP contribution in [0.3, 0.4) is 0 Å². The van der Waals surface area contributed by atoms with E-state index in [1.807, 2.05) is 0 Å². The smallest absolute Gasteiger partial charge is 0.380 e. The summed E-state index contributed by atoms with van der Waals surface area (Å²) in [6.45, 7) is 3.08. The number of H-pyrrole nitrogens is 1. The van der Waals surface area contributed by atoms with E-state index >= 15 is 4.39 Å². The highest BCUT2D eigenvalue weighted by Gasteiger charge is 2.46. The lowest BCUT2D eigenvalue weighted by Crippen LogP contribution is -2.32. The Kier molecular flexibility index (Phi) is 8.28. The van der Waals surface area contributed by atoms with Gasteiger partial charge in [0.15, 0.2) is 17.2 Å². The van der Waals surface area contributed by atoms with Crippen molar-refractivity contribution in [1.82, 2.24) is 9.55 Å². The highest BCUT2D eigenvalue weighted by molar-refractivity contribution is 7.71. The molecule has 1 aliphatic rings. The molecule has 0 saturated carbocycles. The number of alkyl halides is 1. The Morgan fingerprint density at radius 2 is 2.03 bits per heavy atom. The summed E-state index contributed by atoms with van der Waals surface area (Å²) in [4.78, 5) is 26.5. The number of ether oxygens (including phenoxy) is 2. The quantitative estimate of drug-likeness (QED) is 0.260. The predicted molar refractivity (Wildman–Crippen MR) is 131 cm³/mol. The normalized spacial score (nSPS) is 25.5. The number of aliphatic hydroxyl groups is 1. The third kappa shape index (κ3) is 6.89. The highest BCUT2D eigenvalue weighted by atomic mass is 32.1. The number of aromatic nitrogens is 2. The first-order valence-electron chi connectivity index (χ1n) is 12.2. The van der Waals surface area contributed by atoms with Gasteiger partial charge in [-0.1, -0.05) is 25.1 Å². The summed E-state index contributed by atoms with van der Waals surface area (Å²) in [5.74, 6) is -1.66. The Balaban J connectivity index is 1.90. The second-order valence-electron chi connectivity index (χ2n) is 8.65. The zero-order valence-electron chi connectivity index (χ0n) is 22.1. The monoisotopic (exact) mass is 546 g/mol. The largest absolute Gasteiger partial charge is 0.463 e. The van der Waals surface area contributed by atoms with Crippen LogP contribution in [0.5, 0.6) is 5.75 Å². The maximum absolute atomic E-state index is 15.2. The molecule has 1 aromatic carbocycles. The molecule has 2 unspecified atom stereocenters. The van der Waals surface area contributed by atoms with Crippen molar-refractivity contribution in [3.63, 3.8) is 0 Å². The van der Waals surface area contributed by atoms with Gasteiger partial charge in [0.2, 0.25) is 0 Å². The predicted octanol–water partition coefficient (Wildman–Crippen LogP) is 3.69. The SMILES string of the molecule is [2H]C([2H])(OP(=O)(C[C@@H](C)C(=O)OC(C)C)Oc1ccccc1)[C@@H]1O[C@H](n2cc(C)c(=O)[nH]c2=S)[C@H](F)C1O. The first kappa shape index (κ1) is 25.3. The maximum atomic E-state index is 15.2. The molecule has 0 radical (unpaired) electrons. The van der Waals surface area contributed by atoms with Crippen LogP contribution in [0.4, 0.5) is 4.39 Å². The number of hydrogen-bond donors (Lipinski definition) is 2. The fourth-order valence-electron chi connectivity index (χ4n) is 3.36. The summed E-state index contributed by atoms with van der Waals surface area (Å²) in [6.07, 6.45) is -7.68. The van der Waals surface area contributed by atoms with E-state index in [9.17, 15) is 19.3 Å². The molecule has 36 heavy (non-hydrogen) atoms. The van der Waals surface area contributed by atoms with Crippen molar-refractivity contribution < 1.29 is 40.1 Å². The highest BCUT2D eigenvalue weighted by Crippen LogP contribution is 2.50. The second kappa shape index (κ2) is 11.8. The van der Waals surface area contributed by atoms with E-state index in [-0.39, 0.29) is 16.1 Å². The second-order valence-corrected chi connectivity index (χ2v) is 11.0. The number of aryl methyl sites for hydroxylation is 1. The van der Waals surface area contributed by atoms with Gasteiger partial charge in [0.05, 0.1) is 27.5 Å². The lowest BCUT2D eigenvalue weighted by molar-refractivity contribution is -0.151. The van der Waals surface area contributed by atoms with Gasteiger partial charge in [-0.25, -0.2) is 8.96 Å². The van der Waals surface area contributed by atoms with Crippen molar-refractivity contribution >= 4 is 25.8 Å². The molecule has 1 aliphatic heterocycles. The molecule has 6 atom stereocenters. The number of halogens is 1. The Hall–Kier alpha value is -2.37. The lowest BCUT2D eigenvalue weighted by atomic mass is 10.1. The topological polar surface area (TPSA) is 129 Å². The molecule has 1 aromatic heterocycles. The molecule has 3 rings (SSSR count). The number of carbonyl (C=O) groups excluding carboxylic acids is 1. The first-order chi connectivity index (χ1) is 17.6. The first-order valence-corrected chi connectivity index (χ1v) is 13.3. The Morgan fingerprint density at radius 3 is 2.67 bits per heavy atom. The molecule has 2 heterocycles. The van der Waals surface area contributed by atoms with Crippen molar-refractivity contribution in [3.8, 4) is 5.75 Å². The van der Waals surface area contributed by atoms with Crippen molar-refractivity contribution in [2.24, 2.45) is 5.92 Å². The van der Waals surface area contributed by atoms with Gasteiger partial charge in [-0.15, -0.1) is 0 Å². The van der Waals surface area contributed by atoms with Crippen LogP contribution < -0.4 is 10.1 Å². The summed E-state index contributed by atoms with van der Waals surface area (Å²) in [6, 6.07) is 7.76. The standard InChI is InChI=1S/C23H30FN2O8PS/c1-13(2)32-22(29)15(4)12-35(30,34-16-8-6-5-7-9-16)31-11-17-19(27)18(24)21(33-17)26-10-14(3)20(28)25-23(26)36/h5-10,13,15,17-19,21,27H,11-12H2,1-4H3,(H,25,28,36)/t15-,17+,18-,19?,21+,35?/m1/s1/i11D2. The third-order valence-electron chi connectivity index (χ3n) is 5.16. The van der Waals surface area contributed by atoms with Crippen molar-refractivity contribution in [3.05, 3.63) is 57.2 Å². The van der Waals surface area contributed by atoms with E-state index in [1.54, 1.807) is 32.0 Å². The molecule has 0 aliphatic carbocycles. The van der Waals surface area contributed by atoms with E-state index in [0.717, 1.165) is 4.57 Å². The van der Waals surface area contributed by atoms with Crippen LogP contribution >= 0.6 is 19.8 Å². The number of benzene rings is 1. The van der Waals surface area contributed by atoms with Gasteiger partial charge in [0.25, 0.3) is 5.56 Å². The van der Waals surface area contributed by atoms with Gasteiger partial charge < -0.3 is 19.1 Å². The Labute approximate surface area is 215 Å². The van der Waals surface area contributed by atoms with Crippen molar-refractivity contribution in [1.29, 1.82) is 0 Å². The maximum Gasteiger partial charge on any atom is 0.380 e. The zero-order chi connectivity index (χ0) is 28.4. The van der Waals surface area contributed by atoms with Gasteiger partial charge >= 0.3 is 13.6 Å². The summed E-state index contributed by atoms with van der Waals surface area (Å²) in [5, 5.41) is 10.6. The van der Waals surface area contributed by atoms with Crippen LogP contribution in [0.25, 0.3) is 0 Å². The Morgan fingerprint density at radius 1 is 1.36 bits per heavy atom. The number of aliphatic hydroxyl groups excluding tert-OH is 1. The minimum absolute atomic E-state index is 0.0696. The lowest BCUT2D eigenvalue weighted by Gasteiger charge is -2.24. The van der Waals surface area contributed by atoms with Gasteiger partial charge in [0, 0.05) is 11.8 Å².